The first-order valence-electron chi connectivity index (χ1n) is 11.0. The van der Waals surface area contributed by atoms with E-state index in [1.54, 1.807) is 12.1 Å². The van der Waals surface area contributed by atoms with Gasteiger partial charge in [0.15, 0.2) is 0 Å². The topological polar surface area (TPSA) is 128 Å². The van der Waals surface area contributed by atoms with E-state index in [-0.39, 0.29) is 16.2 Å². The summed E-state index contributed by atoms with van der Waals surface area (Å²) in [5.74, 6) is 0.383. The molecule has 2 aromatic heterocycles. The van der Waals surface area contributed by atoms with Crippen LogP contribution in [0, 0.1) is 11.3 Å². The van der Waals surface area contributed by atoms with Gasteiger partial charge in [0.1, 0.15) is 9.71 Å². The number of carbonyl (C=O) groups is 1. The number of pyridine rings is 1. The summed E-state index contributed by atoms with van der Waals surface area (Å²) in [5, 5.41) is 8.89. The van der Waals surface area contributed by atoms with Crippen LogP contribution in [0.5, 0.6) is 0 Å². The molecule has 1 aliphatic rings. The van der Waals surface area contributed by atoms with Crippen LogP contribution in [0.1, 0.15) is 53.7 Å². The predicted molar refractivity (Wildman–Crippen MR) is 133 cm³/mol. The fourth-order valence-corrected chi connectivity index (χ4v) is 5.87. The van der Waals surface area contributed by atoms with Crippen LogP contribution in [0.15, 0.2) is 35.2 Å². The molecule has 0 radical (unpaired) electrons. The van der Waals surface area contributed by atoms with Gasteiger partial charge in [0.05, 0.1) is 10.6 Å². The first kappa shape index (κ1) is 23.7. The molecule has 3 aromatic rings. The lowest BCUT2D eigenvalue weighted by molar-refractivity contribution is 0.0959. The number of amides is 1. The Kier molecular flexibility index (Phi) is 6.24. The molecule has 0 aliphatic heterocycles. The third-order valence-electron chi connectivity index (χ3n) is 6.47. The van der Waals surface area contributed by atoms with Crippen LogP contribution in [-0.4, -0.2) is 25.9 Å². The lowest BCUT2D eigenvalue weighted by atomic mass is 9.71. The molecule has 1 unspecified atom stereocenters. The summed E-state index contributed by atoms with van der Waals surface area (Å²) in [5.41, 5.74) is 10.4. The second-order valence-corrected chi connectivity index (χ2v) is 12.4. The number of anilines is 1. The molecule has 0 fully saturated rings. The maximum atomic E-state index is 12.8. The Morgan fingerprint density at radius 3 is 2.58 bits per heavy atom. The fourth-order valence-electron chi connectivity index (χ4n) is 4.34. The van der Waals surface area contributed by atoms with Crippen molar-refractivity contribution in [2.75, 3.05) is 12.3 Å². The van der Waals surface area contributed by atoms with Gasteiger partial charge in [0, 0.05) is 17.6 Å². The van der Waals surface area contributed by atoms with Crippen LogP contribution in [0.25, 0.3) is 10.2 Å². The maximum Gasteiger partial charge on any atom is 0.263 e. The molecule has 7 nitrogen and oxygen atoms in total. The minimum Gasteiger partial charge on any atom is -0.397 e. The number of nitrogens with two attached hydrogens (primary N) is 2. The number of primary sulfonamides is 1. The first-order chi connectivity index (χ1) is 15.4. The van der Waals surface area contributed by atoms with Crippen molar-refractivity contribution < 1.29 is 13.2 Å². The number of sulfonamides is 1. The van der Waals surface area contributed by atoms with Gasteiger partial charge in [-0.05, 0) is 66.3 Å². The van der Waals surface area contributed by atoms with E-state index in [0.29, 0.717) is 29.4 Å². The van der Waals surface area contributed by atoms with Crippen molar-refractivity contribution in [3.63, 3.8) is 0 Å². The Hall–Kier alpha value is -2.49. The van der Waals surface area contributed by atoms with Gasteiger partial charge in [0.2, 0.25) is 10.0 Å². The number of nitrogen functional groups attached to an aromatic ring is 1. The Balaban J connectivity index is 1.46. The van der Waals surface area contributed by atoms with Crippen molar-refractivity contribution in [2.45, 2.75) is 51.3 Å². The molecule has 33 heavy (non-hydrogen) atoms. The Morgan fingerprint density at radius 1 is 1.24 bits per heavy atom. The van der Waals surface area contributed by atoms with Crippen molar-refractivity contribution in [3.8, 4) is 0 Å². The number of rotatable bonds is 5. The summed E-state index contributed by atoms with van der Waals surface area (Å²) in [6.45, 7) is 7.25. The molecule has 4 rings (SSSR count). The summed E-state index contributed by atoms with van der Waals surface area (Å²) in [7, 11) is -3.71. The van der Waals surface area contributed by atoms with Gasteiger partial charge in [-0.2, -0.15) is 0 Å². The first-order valence-corrected chi connectivity index (χ1v) is 13.4. The van der Waals surface area contributed by atoms with E-state index in [4.69, 9.17) is 15.9 Å². The van der Waals surface area contributed by atoms with E-state index in [1.165, 1.54) is 29.0 Å². The molecule has 0 saturated heterocycles. The molecule has 0 spiro atoms. The van der Waals surface area contributed by atoms with E-state index in [1.807, 2.05) is 0 Å². The van der Waals surface area contributed by atoms with E-state index < -0.39 is 10.0 Å². The molecule has 176 valence electrons. The summed E-state index contributed by atoms with van der Waals surface area (Å²) in [6.07, 6.45) is 3.63. The van der Waals surface area contributed by atoms with Crippen molar-refractivity contribution in [1.82, 2.24) is 10.3 Å². The van der Waals surface area contributed by atoms with E-state index in [9.17, 15) is 13.2 Å². The molecule has 1 amide bonds. The summed E-state index contributed by atoms with van der Waals surface area (Å²) in [4.78, 5) is 19.0. The number of hydrogen-bond acceptors (Lipinski definition) is 6. The largest absolute Gasteiger partial charge is 0.397 e. The smallest absolute Gasteiger partial charge is 0.263 e. The standard InChI is InChI=1S/C24H30N4O3S2/c1-24(2,3)16-6-9-19-15(12-16)13-18-20(25)21(32-23(18)28-19)22(29)27-11-10-14-4-7-17(8-5-14)33(26,30)31/h4-5,7-8,13,16H,6,9-12,25H2,1-3H3,(H,27,29)(H2,26,30,31). The zero-order valence-electron chi connectivity index (χ0n) is 19.1. The zero-order chi connectivity index (χ0) is 24.0. The molecular weight excluding hydrogens is 456 g/mol. The van der Waals surface area contributed by atoms with Gasteiger partial charge in [-0.25, -0.2) is 18.5 Å². The van der Waals surface area contributed by atoms with Crippen LogP contribution in [0.2, 0.25) is 0 Å². The second kappa shape index (κ2) is 8.70. The third kappa shape index (κ3) is 5.05. The van der Waals surface area contributed by atoms with Gasteiger partial charge in [-0.15, -0.1) is 11.3 Å². The van der Waals surface area contributed by atoms with Gasteiger partial charge < -0.3 is 11.1 Å². The van der Waals surface area contributed by atoms with Gasteiger partial charge in [-0.1, -0.05) is 32.9 Å². The van der Waals surface area contributed by atoms with Gasteiger partial charge in [0.25, 0.3) is 5.91 Å². The number of aromatic nitrogens is 1. The van der Waals surface area contributed by atoms with Crippen molar-refractivity contribution in [2.24, 2.45) is 16.5 Å². The van der Waals surface area contributed by atoms with Crippen LogP contribution in [0.3, 0.4) is 0 Å². The SMILES string of the molecule is CC(C)(C)C1CCc2nc3sc(C(=O)NCCc4ccc(S(N)(=O)=O)cc4)c(N)c3cc2C1. The van der Waals surface area contributed by atoms with Crippen LogP contribution in [-0.2, 0) is 29.3 Å². The molecule has 1 aromatic carbocycles. The highest BCUT2D eigenvalue weighted by molar-refractivity contribution is 7.89. The number of aryl methyl sites for hydroxylation is 1. The highest BCUT2D eigenvalue weighted by atomic mass is 32.2. The number of fused-ring (bicyclic) bond motifs is 2. The average molecular weight is 487 g/mol. The molecular formula is C24H30N4O3S2. The number of carbonyl (C=O) groups excluding carboxylic acids is 1. The van der Waals surface area contributed by atoms with Gasteiger partial charge >= 0.3 is 0 Å². The Morgan fingerprint density at radius 2 is 1.94 bits per heavy atom. The second-order valence-electron chi connectivity index (χ2n) is 9.79. The van der Waals surface area contributed by atoms with Crippen LogP contribution >= 0.6 is 11.3 Å². The minimum absolute atomic E-state index is 0.0670. The lowest BCUT2D eigenvalue weighted by Gasteiger charge is -2.34. The van der Waals surface area contributed by atoms with Gasteiger partial charge in [-0.3, -0.25) is 4.79 Å². The van der Waals surface area contributed by atoms with Crippen molar-refractivity contribution in [3.05, 3.63) is 52.0 Å². The maximum absolute atomic E-state index is 12.8. The summed E-state index contributed by atoms with van der Waals surface area (Å²) >= 11 is 1.33. The number of thiophene rings is 1. The number of nitrogens with zero attached hydrogens (tertiary/aromatic N) is 1. The van der Waals surface area contributed by atoms with Crippen molar-refractivity contribution >= 4 is 43.2 Å². The van der Waals surface area contributed by atoms with Crippen LogP contribution < -0.4 is 16.2 Å². The third-order valence-corrected chi connectivity index (χ3v) is 8.51. The monoisotopic (exact) mass is 486 g/mol. The number of hydrogen-bond donors (Lipinski definition) is 3. The molecule has 9 heteroatoms. The number of nitrogens with one attached hydrogen (secondary N) is 1. The highest BCUT2D eigenvalue weighted by Gasteiger charge is 2.30. The Labute approximate surface area is 198 Å². The lowest BCUT2D eigenvalue weighted by Crippen LogP contribution is -2.27. The normalized spacial score (nSPS) is 16.5. The zero-order valence-corrected chi connectivity index (χ0v) is 20.8. The average Bonchev–Trinajstić information content (AvgIpc) is 3.06. The number of benzene rings is 1. The quantitative estimate of drug-likeness (QED) is 0.507. The van der Waals surface area contributed by atoms with E-state index in [0.717, 1.165) is 40.7 Å². The molecule has 0 saturated carbocycles. The summed E-state index contributed by atoms with van der Waals surface area (Å²) < 4.78 is 22.7. The van der Waals surface area contributed by atoms with E-state index >= 15 is 0 Å². The van der Waals surface area contributed by atoms with E-state index in [2.05, 4.69) is 32.2 Å². The highest BCUT2D eigenvalue weighted by Crippen LogP contribution is 2.40. The molecule has 1 atom stereocenters. The predicted octanol–water partition coefficient (Wildman–Crippen LogP) is 3.65. The molecule has 5 N–H and O–H groups in total. The van der Waals surface area contributed by atoms with Crippen molar-refractivity contribution in [1.29, 1.82) is 0 Å². The molecule has 1 aliphatic carbocycles. The molecule has 2 heterocycles. The summed E-state index contributed by atoms with van der Waals surface area (Å²) in [6, 6.07) is 8.45. The minimum atomic E-state index is -3.71. The Bertz CT molecular complexity index is 1310. The van der Waals surface area contributed by atoms with Crippen LogP contribution in [0.4, 0.5) is 5.69 Å². The molecule has 0 bridgehead atoms. The fraction of sp³-hybridized carbons (Fsp3) is 0.417.